The van der Waals surface area contributed by atoms with E-state index >= 15 is 0 Å². The number of ether oxygens (including phenoxy) is 1. The molecule has 0 bridgehead atoms. The zero-order valence-corrected chi connectivity index (χ0v) is 13.6. The van der Waals surface area contributed by atoms with Crippen molar-refractivity contribution in [1.29, 1.82) is 0 Å². The number of aromatic amines is 1. The van der Waals surface area contributed by atoms with E-state index in [1.54, 1.807) is 6.07 Å². The molecule has 2 N–H and O–H groups in total. The van der Waals surface area contributed by atoms with Gasteiger partial charge in [0.2, 0.25) is 5.95 Å². The fourth-order valence-electron chi connectivity index (χ4n) is 2.08. The lowest BCUT2D eigenvalue weighted by molar-refractivity contribution is 0.303. The van der Waals surface area contributed by atoms with Crippen molar-refractivity contribution in [3.8, 4) is 5.75 Å². The van der Waals surface area contributed by atoms with Gasteiger partial charge in [-0.25, -0.2) is 10.1 Å². The topological polar surface area (TPSA) is 62.8 Å². The van der Waals surface area contributed by atoms with E-state index in [0.29, 0.717) is 29.1 Å². The molecule has 118 valence electrons. The summed E-state index contributed by atoms with van der Waals surface area (Å²) in [5, 5.41) is 11.0. The Kier molecular flexibility index (Phi) is 5.00. The van der Waals surface area contributed by atoms with Crippen molar-refractivity contribution in [1.82, 2.24) is 15.2 Å². The minimum atomic E-state index is 0.428. The van der Waals surface area contributed by atoms with Gasteiger partial charge in [-0.1, -0.05) is 35.3 Å². The van der Waals surface area contributed by atoms with Gasteiger partial charge in [0.25, 0.3) is 0 Å². The van der Waals surface area contributed by atoms with Crippen molar-refractivity contribution in [2.24, 2.45) is 0 Å². The first-order valence-corrected chi connectivity index (χ1v) is 7.71. The minimum absolute atomic E-state index is 0.428. The van der Waals surface area contributed by atoms with Gasteiger partial charge in [-0.2, -0.15) is 5.10 Å². The number of anilines is 1. The molecule has 1 heterocycles. The van der Waals surface area contributed by atoms with Crippen molar-refractivity contribution in [2.45, 2.75) is 13.2 Å². The number of nitrogens with one attached hydrogen (secondary N) is 2. The van der Waals surface area contributed by atoms with Gasteiger partial charge in [-0.05, 0) is 35.9 Å². The molecular formula is C16H14Cl2N4O. The smallest absolute Gasteiger partial charge is 0.218 e. The quantitative estimate of drug-likeness (QED) is 0.696. The molecule has 0 saturated carbocycles. The predicted octanol–water partition coefficient (Wildman–Crippen LogP) is 4.30. The molecule has 3 aromatic rings. The van der Waals surface area contributed by atoms with Crippen LogP contribution in [0.3, 0.4) is 0 Å². The summed E-state index contributed by atoms with van der Waals surface area (Å²) in [6.07, 6.45) is 1.44. The summed E-state index contributed by atoms with van der Waals surface area (Å²) in [5.74, 6) is 1.34. The number of aromatic nitrogens is 3. The molecule has 3 rings (SSSR count). The Balaban J connectivity index is 1.70. The maximum Gasteiger partial charge on any atom is 0.218 e. The summed E-state index contributed by atoms with van der Waals surface area (Å²) in [6, 6.07) is 13.1. The molecule has 0 radical (unpaired) electrons. The van der Waals surface area contributed by atoms with E-state index in [9.17, 15) is 0 Å². The van der Waals surface area contributed by atoms with Crippen molar-refractivity contribution in [3.63, 3.8) is 0 Å². The van der Waals surface area contributed by atoms with Crippen LogP contribution in [0.25, 0.3) is 0 Å². The standard InChI is InChI=1S/C16H14Cl2N4O/c17-13-3-1-2-11(6-13)9-23-15-5-4-14(18)7-12(15)8-19-16-20-10-21-22-16/h1-7,10H,8-9H2,(H2,19,20,21,22). The Labute approximate surface area is 143 Å². The van der Waals surface area contributed by atoms with Crippen LogP contribution >= 0.6 is 23.2 Å². The number of H-pyrrole nitrogens is 1. The van der Waals surface area contributed by atoms with Gasteiger partial charge < -0.3 is 10.1 Å². The normalized spacial score (nSPS) is 10.5. The van der Waals surface area contributed by atoms with Crippen LogP contribution in [0.15, 0.2) is 48.8 Å². The molecule has 0 spiro atoms. The number of benzene rings is 2. The lowest BCUT2D eigenvalue weighted by Crippen LogP contribution is -2.05. The molecule has 0 aliphatic rings. The Hall–Kier alpha value is -2.24. The highest BCUT2D eigenvalue weighted by molar-refractivity contribution is 6.30. The van der Waals surface area contributed by atoms with Crippen molar-refractivity contribution >= 4 is 29.2 Å². The summed E-state index contributed by atoms with van der Waals surface area (Å²) in [7, 11) is 0. The number of nitrogens with zero attached hydrogens (tertiary/aromatic N) is 2. The van der Waals surface area contributed by atoms with Crippen LogP contribution in [0, 0.1) is 0 Å². The Morgan fingerprint density at radius 2 is 1.96 bits per heavy atom. The fraction of sp³-hybridized carbons (Fsp3) is 0.125. The second-order valence-electron chi connectivity index (χ2n) is 4.86. The molecule has 0 atom stereocenters. The maximum absolute atomic E-state index is 6.08. The first kappa shape index (κ1) is 15.6. The second-order valence-corrected chi connectivity index (χ2v) is 5.73. The van der Waals surface area contributed by atoms with Crippen LogP contribution < -0.4 is 10.1 Å². The monoisotopic (exact) mass is 348 g/mol. The molecule has 2 aromatic carbocycles. The zero-order valence-electron chi connectivity index (χ0n) is 12.1. The highest BCUT2D eigenvalue weighted by atomic mass is 35.5. The molecule has 23 heavy (non-hydrogen) atoms. The lowest BCUT2D eigenvalue weighted by atomic mass is 10.2. The van der Waals surface area contributed by atoms with E-state index in [-0.39, 0.29) is 0 Å². The van der Waals surface area contributed by atoms with Crippen molar-refractivity contribution in [2.75, 3.05) is 5.32 Å². The summed E-state index contributed by atoms with van der Waals surface area (Å²) < 4.78 is 5.90. The number of halogens is 2. The van der Waals surface area contributed by atoms with Gasteiger partial charge in [-0.15, -0.1) is 0 Å². The number of hydrogen-bond acceptors (Lipinski definition) is 4. The van der Waals surface area contributed by atoms with Crippen molar-refractivity contribution in [3.05, 3.63) is 70.0 Å². The number of hydrogen-bond donors (Lipinski definition) is 2. The van der Waals surface area contributed by atoms with Gasteiger partial charge in [0.15, 0.2) is 0 Å². The average Bonchev–Trinajstić information content (AvgIpc) is 3.05. The van der Waals surface area contributed by atoms with Gasteiger partial charge in [0.1, 0.15) is 18.7 Å². The summed E-state index contributed by atoms with van der Waals surface area (Å²) in [6.45, 7) is 0.943. The highest BCUT2D eigenvalue weighted by Gasteiger charge is 2.07. The summed E-state index contributed by atoms with van der Waals surface area (Å²) >= 11 is 12.1. The Bertz CT molecular complexity index is 778. The van der Waals surface area contributed by atoms with E-state index in [2.05, 4.69) is 20.5 Å². The van der Waals surface area contributed by atoms with E-state index in [1.807, 2.05) is 36.4 Å². The Morgan fingerprint density at radius 1 is 1.09 bits per heavy atom. The number of rotatable bonds is 6. The lowest BCUT2D eigenvalue weighted by Gasteiger charge is -2.12. The van der Waals surface area contributed by atoms with E-state index in [1.165, 1.54) is 6.33 Å². The summed E-state index contributed by atoms with van der Waals surface area (Å²) in [5.41, 5.74) is 1.93. The molecule has 0 amide bonds. The van der Waals surface area contributed by atoms with Crippen LogP contribution in [0.1, 0.15) is 11.1 Å². The fourth-order valence-corrected chi connectivity index (χ4v) is 2.49. The predicted molar refractivity (Wildman–Crippen MR) is 90.9 cm³/mol. The van der Waals surface area contributed by atoms with E-state index in [0.717, 1.165) is 16.9 Å². The molecule has 7 heteroatoms. The van der Waals surface area contributed by atoms with Crippen LogP contribution in [0.2, 0.25) is 10.0 Å². The third kappa shape index (κ3) is 4.37. The zero-order chi connectivity index (χ0) is 16.1. The first-order chi connectivity index (χ1) is 11.2. The SMILES string of the molecule is Clc1cccc(COc2ccc(Cl)cc2CNc2ncn[nH]2)c1. The van der Waals surface area contributed by atoms with Gasteiger partial charge in [0.05, 0.1) is 0 Å². The van der Waals surface area contributed by atoms with Gasteiger partial charge in [0, 0.05) is 22.2 Å². The Morgan fingerprint density at radius 3 is 2.74 bits per heavy atom. The highest BCUT2D eigenvalue weighted by Crippen LogP contribution is 2.25. The molecule has 0 saturated heterocycles. The molecule has 0 aliphatic carbocycles. The third-order valence-electron chi connectivity index (χ3n) is 3.17. The van der Waals surface area contributed by atoms with Crippen LogP contribution in [0.5, 0.6) is 5.75 Å². The maximum atomic E-state index is 6.08. The molecule has 1 aromatic heterocycles. The third-order valence-corrected chi connectivity index (χ3v) is 3.64. The average molecular weight is 349 g/mol. The molecule has 0 unspecified atom stereocenters. The summed E-state index contributed by atoms with van der Waals surface area (Å²) in [4.78, 5) is 4.02. The van der Waals surface area contributed by atoms with E-state index < -0.39 is 0 Å². The van der Waals surface area contributed by atoms with Crippen LogP contribution in [0.4, 0.5) is 5.95 Å². The molecule has 0 aliphatic heterocycles. The molecule has 5 nitrogen and oxygen atoms in total. The van der Waals surface area contributed by atoms with Crippen LogP contribution in [-0.4, -0.2) is 15.2 Å². The van der Waals surface area contributed by atoms with Crippen LogP contribution in [-0.2, 0) is 13.2 Å². The second kappa shape index (κ2) is 7.35. The van der Waals surface area contributed by atoms with E-state index in [4.69, 9.17) is 27.9 Å². The molecule has 0 fully saturated rings. The minimum Gasteiger partial charge on any atom is -0.489 e. The molecular weight excluding hydrogens is 335 g/mol. The largest absolute Gasteiger partial charge is 0.489 e. The first-order valence-electron chi connectivity index (χ1n) is 6.95. The van der Waals surface area contributed by atoms with Gasteiger partial charge >= 0.3 is 0 Å². The van der Waals surface area contributed by atoms with Crippen molar-refractivity contribution < 1.29 is 4.74 Å². The van der Waals surface area contributed by atoms with Gasteiger partial charge in [-0.3, -0.25) is 0 Å².